The quantitative estimate of drug-likeness (QED) is 0.226. The van der Waals surface area contributed by atoms with E-state index in [2.05, 4.69) is 46.4 Å². The highest BCUT2D eigenvalue weighted by atomic mass is 19.1. The van der Waals surface area contributed by atoms with E-state index in [0.717, 1.165) is 29.9 Å². The highest BCUT2D eigenvalue weighted by molar-refractivity contribution is 5.87. The number of rotatable bonds is 7. The predicted molar refractivity (Wildman–Crippen MR) is 148 cm³/mol. The average Bonchev–Trinajstić information content (AvgIpc) is 2.94. The number of ether oxygens (including phenoxy) is 1. The van der Waals surface area contributed by atoms with E-state index in [1.807, 2.05) is 37.3 Å². The molecule has 5 rings (SSSR count). The second-order valence-electron chi connectivity index (χ2n) is 9.24. The van der Waals surface area contributed by atoms with Crippen LogP contribution in [0.25, 0.3) is 6.08 Å². The SMILES string of the molecule is Cc1c(COC(=O)C=Cc2ccccc2)nc(Nc2ccc(F)cc2)nc1N1CCc2ccccc2C1C. The van der Waals surface area contributed by atoms with Crippen molar-refractivity contribution in [3.8, 4) is 0 Å². The molecule has 0 fully saturated rings. The van der Waals surface area contributed by atoms with Crippen molar-refractivity contribution in [2.45, 2.75) is 32.9 Å². The highest BCUT2D eigenvalue weighted by Gasteiger charge is 2.27. The minimum Gasteiger partial charge on any atom is -0.456 e. The molecule has 1 N–H and O–H groups in total. The third kappa shape index (κ3) is 5.72. The fourth-order valence-electron chi connectivity index (χ4n) is 4.67. The van der Waals surface area contributed by atoms with Gasteiger partial charge in [-0.1, -0.05) is 54.6 Å². The predicted octanol–water partition coefficient (Wildman–Crippen LogP) is 6.55. The number of carbonyl (C=O) groups is 1. The van der Waals surface area contributed by atoms with Crippen LogP contribution < -0.4 is 10.2 Å². The number of anilines is 3. The lowest BCUT2D eigenvalue weighted by Crippen LogP contribution is -2.35. The normalized spacial score (nSPS) is 14.8. The van der Waals surface area contributed by atoms with Crippen LogP contribution in [0.15, 0.2) is 84.9 Å². The van der Waals surface area contributed by atoms with Gasteiger partial charge < -0.3 is 15.0 Å². The van der Waals surface area contributed by atoms with Gasteiger partial charge in [-0.3, -0.25) is 0 Å². The van der Waals surface area contributed by atoms with Gasteiger partial charge in [-0.15, -0.1) is 0 Å². The maximum absolute atomic E-state index is 13.4. The molecular formula is C31H29FN4O2. The Morgan fingerprint density at radius 2 is 1.79 bits per heavy atom. The topological polar surface area (TPSA) is 67.3 Å². The summed E-state index contributed by atoms with van der Waals surface area (Å²) in [4.78, 5) is 24.2. The first-order chi connectivity index (χ1) is 18.5. The van der Waals surface area contributed by atoms with Crippen LogP contribution in [-0.4, -0.2) is 22.5 Å². The fraction of sp³-hybridized carbons (Fsp3) is 0.194. The molecule has 0 bridgehead atoms. The molecule has 0 aliphatic carbocycles. The number of carbonyl (C=O) groups excluding carboxylic acids is 1. The summed E-state index contributed by atoms with van der Waals surface area (Å²) in [6.07, 6.45) is 4.03. The van der Waals surface area contributed by atoms with Gasteiger partial charge in [0.05, 0.1) is 11.7 Å². The van der Waals surface area contributed by atoms with Crippen molar-refractivity contribution >= 4 is 29.5 Å². The Hall–Kier alpha value is -4.52. The van der Waals surface area contributed by atoms with Gasteiger partial charge in [0.25, 0.3) is 0 Å². The van der Waals surface area contributed by atoms with Crippen LogP contribution in [0.3, 0.4) is 0 Å². The Bertz CT molecular complexity index is 1450. The monoisotopic (exact) mass is 508 g/mol. The summed E-state index contributed by atoms with van der Waals surface area (Å²) < 4.78 is 19.0. The number of nitrogens with zero attached hydrogens (tertiary/aromatic N) is 3. The molecule has 1 aromatic heterocycles. The minimum atomic E-state index is -0.457. The highest BCUT2D eigenvalue weighted by Crippen LogP contribution is 2.35. The number of nitrogens with one attached hydrogen (secondary N) is 1. The molecule has 3 aromatic carbocycles. The molecule has 0 saturated heterocycles. The van der Waals surface area contributed by atoms with Crippen molar-refractivity contribution in [2.75, 3.05) is 16.8 Å². The number of fused-ring (bicyclic) bond motifs is 1. The maximum Gasteiger partial charge on any atom is 0.331 e. The van der Waals surface area contributed by atoms with Crippen molar-refractivity contribution in [1.82, 2.24) is 9.97 Å². The molecule has 38 heavy (non-hydrogen) atoms. The third-order valence-electron chi connectivity index (χ3n) is 6.75. The van der Waals surface area contributed by atoms with E-state index in [0.29, 0.717) is 17.3 Å². The maximum atomic E-state index is 13.4. The third-order valence-corrected chi connectivity index (χ3v) is 6.75. The zero-order valence-electron chi connectivity index (χ0n) is 21.4. The Labute approximate surface area is 221 Å². The van der Waals surface area contributed by atoms with Crippen LogP contribution in [0.4, 0.5) is 21.8 Å². The van der Waals surface area contributed by atoms with E-state index in [1.54, 1.807) is 18.2 Å². The summed E-state index contributed by atoms with van der Waals surface area (Å²) in [6.45, 7) is 4.91. The molecule has 0 spiro atoms. The summed E-state index contributed by atoms with van der Waals surface area (Å²) in [5.74, 6) is 0.353. The molecule has 192 valence electrons. The van der Waals surface area contributed by atoms with E-state index >= 15 is 0 Å². The van der Waals surface area contributed by atoms with Gasteiger partial charge in [-0.2, -0.15) is 4.98 Å². The van der Waals surface area contributed by atoms with Crippen LogP contribution in [0, 0.1) is 12.7 Å². The largest absolute Gasteiger partial charge is 0.456 e. The van der Waals surface area contributed by atoms with Crippen LogP contribution in [-0.2, 0) is 22.6 Å². The van der Waals surface area contributed by atoms with E-state index < -0.39 is 5.97 Å². The molecule has 7 heteroatoms. The van der Waals surface area contributed by atoms with E-state index in [4.69, 9.17) is 9.72 Å². The van der Waals surface area contributed by atoms with Gasteiger partial charge in [-0.25, -0.2) is 14.2 Å². The lowest BCUT2D eigenvalue weighted by Gasteiger charge is -2.37. The van der Waals surface area contributed by atoms with Crippen molar-refractivity contribution in [3.63, 3.8) is 0 Å². The molecular weight excluding hydrogens is 479 g/mol. The molecule has 2 heterocycles. The molecule has 0 radical (unpaired) electrons. The standard InChI is InChI=1S/C31H29FN4O2/c1-21-28(20-38-29(37)17-12-23-8-4-3-5-9-23)34-31(33-26-15-13-25(32)14-16-26)35-30(21)36-19-18-24-10-6-7-11-27(24)22(36)2/h3-17,22H,18-20H2,1-2H3,(H,33,34,35). The van der Waals surface area contributed by atoms with Crippen molar-refractivity contribution in [2.24, 2.45) is 0 Å². The molecule has 1 aliphatic rings. The Kier molecular flexibility index (Phi) is 7.45. The van der Waals surface area contributed by atoms with Gasteiger partial charge in [0.1, 0.15) is 18.2 Å². The first-order valence-corrected chi connectivity index (χ1v) is 12.6. The average molecular weight is 509 g/mol. The van der Waals surface area contributed by atoms with Crippen LogP contribution >= 0.6 is 0 Å². The fourth-order valence-corrected chi connectivity index (χ4v) is 4.67. The molecule has 6 nitrogen and oxygen atoms in total. The zero-order chi connectivity index (χ0) is 26.5. The lowest BCUT2D eigenvalue weighted by atomic mass is 9.93. The van der Waals surface area contributed by atoms with E-state index in [-0.39, 0.29) is 18.5 Å². The van der Waals surface area contributed by atoms with Gasteiger partial charge >= 0.3 is 5.97 Å². The summed E-state index contributed by atoms with van der Waals surface area (Å²) in [6, 6.07) is 24.1. The van der Waals surface area contributed by atoms with Gasteiger partial charge in [0, 0.05) is 23.9 Å². The molecule has 0 saturated carbocycles. The van der Waals surface area contributed by atoms with Gasteiger partial charge in [0.15, 0.2) is 0 Å². The molecule has 0 amide bonds. The Balaban J connectivity index is 1.43. The summed E-state index contributed by atoms with van der Waals surface area (Å²) in [5, 5.41) is 3.18. The number of benzene rings is 3. The zero-order valence-corrected chi connectivity index (χ0v) is 21.4. The second-order valence-corrected chi connectivity index (χ2v) is 9.24. The summed E-state index contributed by atoms with van der Waals surface area (Å²) in [5.41, 5.74) is 5.63. The number of halogens is 1. The number of hydrogen-bond donors (Lipinski definition) is 1. The second kappa shape index (κ2) is 11.3. The van der Waals surface area contributed by atoms with Crippen molar-refractivity contribution in [1.29, 1.82) is 0 Å². The number of esters is 1. The summed E-state index contributed by atoms with van der Waals surface area (Å²) >= 11 is 0. The summed E-state index contributed by atoms with van der Waals surface area (Å²) in [7, 11) is 0. The van der Waals surface area contributed by atoms with Gasteiger partial charge in [-0.05, 0) is 67.3 Å². The lowest BCUT2D eigenvalue weighted by molar-refractivity contribution is -0.139. The number of aromatic nitrogens is 2. The van der Waals surface area contributed by atoms with Gasteiger partial charge in [0.2, 0.25) is 5.95 Å². The van der Waals surface area contributed by atoms with Crippen molar-refractivity contribution in [3.05, 3.63) is 119 Å². The Morgan fingerprint density at radius 3 is 2.58 bits per heavy atom. The van der Waals surface area contributed by atoms with Crippen molar-refractivity contribution < 1.29 is 13.9 Å². The molecule has 1 unspecified atom stereocenters. The first kappa shape index (κ1) is 25.1. The van der Waals surface area contributed by atoms with E-state index in [1.165, 1.54) is 29.3 Å². The molecule has 1 atom stereocenters. The Morgan fingerprint density at radius 1 is 1.05 bits per heavy atom. The number of hydrogen-bond acceptors (Lipinski definition) is 6. The smallest absolute Gasteiger partial charge is 0.331 e. The minimum absolute atomic E-state index is 0.00375. The van der Waals surface area contributed by atoms with Crippen LogP contribution in [0.2, 0.25) is 0 Å². The molecule has 4 aromatic rings. The van der Waals surface area contributed by atoms with Crippen LogP contribution in [0.5, 0.6) is 0 Å². The van der Waals surface area contributed by atoms with Crippen LogP contribution in [0.1, 0.15) is 40.9 Å². The molecule has 1 aliphatic heterocycles. The first-order valence-electron chi connectivity index (χ1n) is 12.6. The van der Waals surface area contributed by atoms with E-state index in [9.17, 15) is 9.18 Å².